The van der Waals surface area contributed by atoms with Gasteiger partial charge < -0.3 is 10.1 Å². The first-order chi connectivity index (χ1) is 19.1. The van der Waals surface area contributed by atoms with E-state index in [1.54, 1.807) is 49.4 Å². The molecule has 0 bridgehead atoms. The van der Waals surface area contributed by atoms with E-state index in [2.05, 4.69) is 5.32 Å². The highest BCUT2D eigenvalue weighted by atomic mass is 35.5. The predicted octanol–water partition coefficient (Wildman–Crippen LogP) is 5.86. The van der Waals surface area contributed by atoms with Crippen LogP contribution in [0, 0.1) is 5.92 Å². The number of halogens is 3. The molecule has 1 fully saturated rings. The second-order valence-electron chi connectivity index (χ2n) is 8.63. The van der Waals surface area contributed by atoms with Gasteiger partial charge in [0.25, 0.3) is 5.91 Å². The van der Waals surface area contributed by atoms with E-state index in [0.717, 1.165) is 12.2 Å². The standard InChI is InChI=1S/C29H21Cl3N2O6/c1-2-40-24(36)13-12-23(35)33-22-14-17(8-11-21(22)32)27(37)25-26(16-6-9-18(30)10-7-16)34(29(39)28(25)38)20-5-3-4-19(31)15-20/h3-15,25-26H,2H2,1H3,(H,33,35)/b13-12+. The summed E-state index contributed by atoms with van der Waals surface area (Å²) >= 11 is 18.5. The first-order valence-electron chi connectivity index (χ1n) is 12.0. The number of nitrogens with zero attached hydrogens (tertiary/aromatic N) is 1. The predicted molar refractivity (Wildman–Crippen MR) is 152 cm³/mol. The van der Waals surface area contributed by atoms with Gasteiger partial charge >= 0.3 is 5.97 Å². The van der Waals surface area contributed by atoms with Gasteiger partial charge in [0.05, 0.1) is 23.4 Å². The van der Waals surface area contributed by atoms with Gasteiger partial charge in [-0.1, -0.05) is 53.0 Å². The van der Waals surface area contributed by atoms with Crippen LogP contribution in [0.4, 0.5) is 11.4 Å². The lowest BCUT2D eigenvalue weighted by Crippen LogP contribution is -2.30. The number of esters is 1. The Bertz CT molecular complexity index is 1540. The molecular formula is C29H21Cl3N2O6. The molecule has 1 aliphatic rings. The van der Waals surface area contributed by atoms with E-state index in [0.29, 0.717) is 21.3 Å². The largest absolute Gasteiger partial charge is 0.463 e. The third kappa shape index (κ3) is 6.25. The molecule has 0 saturated carbocycles. The summed E-state index contributed by atoms with van der Waals surface area (Å²) in [5.41, 5.74) is 0.955. The molecule has 0 aromatic heterocycles. The minimum atomic E-state index is -1.42. The minimum Gasteiger partial charge on any atom is -0.463 e. The quantitative estimate of drug-likeness (QED) is 0.114. The van der Waals surface area contributed by atoms with E-state index in [9.17, 15) is 24.0 Å². The Kier molecular flexibility index (Phi) is 9.04. The molecule has 0 spiro atoms. The average molecular weight is 600 g/mol. The van der Waals surface area contributed by atoms with Gasteiger partial charge in [-0.2, -0.15) is 0 Å². The second kappa shape index (κ2) is 12.5. The number of hydrogen-bond acceptors (Lipinski definition) is 6. The van der Waals surface area contributed by atoms with Crippen LogP contribution in [0.25, 0.3) is 0 Å². The zero-order chi connectivity index (χ0) is 29.0. The SMILES string of the molecule is CCOC(=O)/C=C/C(=O)Nc1cc(C(=O)C2C(=O)C(=O)N(c3cccc(Cl)c3)C2c2ccc(Cl)cc2)ccc1Cl. The maximum absolute atomic E-state index is 13.9. The Hall–Kier alpha value is -3.98. The molecule has 2 atom stereocenters. The first-order valence-corrected chi connectivity index (χ1v) is 13.1. The molecule has 1 N–H and O–H groups in total. The molecule has 0 aliphatic carbocycles. The monoisotopic (exact) mass is 598 g/mol. The topological polar surface area (TPSA) is 110 Å². The highest BCUT2D eigenvalue weighted by molar-refractivity contribution is 6.49. The van der Waals surface area contributed by atoms with Gasteiger partial charge in [0, 0.05) is 33.4 Å². The van der Waals surface area contributed by atoms with Crippen molar-refractivity contribution in [3.63, 3.8) is 0 Å². The van der Waals surface area contributed by atoms with E-state index in [1.807, 2.05) is 0 Å². The van der Waals surface area contributed by atoms with E-state index >= 15 is 0 Å². The third-order valence-electron chi connectivity index (χ3n) is 6.05. The van der Waals surface area contributed by atoms with Crippen LogP contribution in [-0.2, 0) is 23.9 Å². The van der Waals surface area contributed by atoms with Gasteiger partial charge in [0.15, 0.2) is 5.78 Å². The highest BCUT2D eigenvalue weighted by Gasteiger charge is 2.52. The normalized spacial score (nSPS) is 16.9. The van der Waals surface area contributed by atoms with Crippen molar-refractivity contribution in [1.29, 1.82) is 0 Å². The number of ether oxygens (including phenoxy) is 1. The Morgan fingerprint density at radius 2 is 1.65 bits per heavy atom. The van der Waals surface area contributed by atoms with Gasteiger partial charge in [-0.15, -0.1) is 0 Å². The molecule has 1 aliphatic heterocycles. The lowest BCUT2D eigenvalue weighted by molar-refractivity contribution is -0.137. The van der Waals surface area contributed by atoms with Crippen molar-refractivity contribution in [1.82, 2.24) is 0 Å². The number of rotatable bonds is 8. The molecule has 2 amide bonds. The molecule has 1 saturated heterocycles. The zero-order valence-electron chi connectivity index (χ0n) is 20.9. The molecule has 8 nitrogen and oxygen atoms in total. The number of carbonyl (C=O) groups is 5. The number of Topliss-reactive ketones (excluding diaryl/α,β-unsaturated/α-hetero) is 2. The first kappa shape index (κ1) is 29.0. The number of hydrogen-bond donors (Lipinski definition) is 1. The fraction of sp³-hybridized carbons (Fsp3) is 0.138. The van der Waals surface area contributed by atoms with Crippen LogP contribution in [0.5, 0.6) is 0 Å². The molecule has 3 aromatic carbocycles. The molecule has 4 rings (SSSR count). The summed E-state index contributed by atoms with van der Waals surface area (Å²) in [7, 11) is 0. The van der Waals surface area contributed by atoms with Gasteiger partial charge in [0.2, 0.25) is 11.7 Å². The Balaban J connectivity index is 1.71. The molecule has 204 valence electrons. The van der Waals surface area contributed by atoms with Crippen LogP contribution in [-0.4, -0.2) is 36.0 Å². The highest BCUT2D eigenvalue weighted by Crippen LogP contribution is 2.42. The van der Waals surface area contributed by atoms with Crippen LogP contribution in [0.3, 0.4) is 0 Å². The second-order valence-corrected chi connectivity index (χ2v) is 9.91. The Morgan fingerprint density at radius 1 is 0.925 bits per heavy atom. The maximum atomic E-state index is 13.9. The lowest BCUT2D eigenvalue weighted by atomic mass is 9.86. The van der Waals surface area contributed by atoms with Crippen molar-refractivity contribution in [2.45, 2.75) is 13.0 Å². The number of anilines is 2. The van der Waals surface area contributed by atoms with Crippen LogP contribution in [0.1, 0.15) is 28.9 Å². The van der Waals surface area contributed by atoms with E-state index in [4.69, 9.17) is 39.5 Å². The van der Waals surface area contributed by atoms with Crippen LogP contribution < -0.4 is 10.2 Å². The summed E-state index contributed by atoms with van der Waals surface area (Å²) < 4.78 is 4.74. The number of ketones is 2. The van der Waals surface area contributed by atoms with Gasteiger partial charge in [-0.05, 0) is 61.0 Å². The average Bonchev–Trinajstić information content (AvgIpc) is 3.19. The molecule has 40 heavy (non-hydrogen) atoms. The molecule has 1 heterocycles. The van der Waals surface area contributed by atoms with Crippen molar-refractivity contribution >= 4 is 75.5 Å². The van der Waals surface area contributed by atoms with Crippen molar-refractivity contribution in [3.05, 3.63) is 105 Å². The van der Waals surface area contributed by atoms with E-state index in [-0.39, 0.29) is 22.9 Å². The Morgan fingerprint density at radius 3 is 2.33 bits per heavy atom. The summed E-state index contributed by atoms with van der Waals surface area (Å²) in [4.78, 5) is 65.5. The van der Waals surface area contributed by atoms with E-state index < -0.39 is 41.3 Å². The van der Waals surface area contributed by atoms with Crippen molar-refractivity contribution in [2.24, 2.45) is 5.92 Å². The summed E-state index contributed by atoms with van der Waals surface area (Å²) in [6.07, 6.45) is 1.91. The van der Waals surface area contributed by atoms with Gasteiger partial charge in [-0.3, -0.25) is 24.1 Å². The smallest absolute Gasteiger partial charge is 0.330 e. The molecular weight excluding hydrogens is 579 g/mol. The van der Waals surface area contributed by atoms with Gasteiger partial charge in [0.1, 0.15) is 5.92 Å². The number of nitrogens with one attached hydrogen (secondary N) is 1. The number of benzene rings is 3. The van der Waals surface area contributed by atoms with Crippen molar-refractivity contribution in [2.75, 3.05) is 16.8 Å². The fourth-order valence-electron chi connectivity index (χ4n) is 4.30. The summed E-state index contributed by atoms with van der Waals surface area (Å²) in [6, 6.07) is 16.0. The molecule has 11 heteroatoms. The molecule has 3 aromatic rings. The van der Waals surface area contributed by atoms with Crippen LogP contribution in [0.2, 0.25) is 15.1 Å². The Labute approximate surface area is 244 Å². The third-order valence-corrected chi connectivity index (χ3v) is 6.87. The van der Waals surface area contributed by atoms with Gasteiger partial charge in [-0.25, -0.2) is 4.79 Å². The van der Waals surface area contributed by atoms with Crippen LogP contribution >= 0.6 is 34.8 Å². The summed E-state index contributed by atoms with van der Waals surface area (Å²) in [5.74, 6) is -5.24. The molecule has 2 unspecified atom stereocenters. The van der Waals surface area contributed by atoms with Crippen molar-refractivity contribution in [3.8, 4) is 0 Å². The summed E-state index contributed by atoms with van der Waals surface area (Å²) in [6.45, 7) is 1.78. The number of amides is 2. The van der Waals surface area contributed by atoms with Crippen molar-refractivity contribution < 1.29 is 28.7 Å². The van der Waals surface area contributed by atoms with E-state index in [1.165, 1.54) is 29.2 Å². The number of carbonyl (C=O) groups excluding carboxylic acids is 5. The maximum Gasteiger partial charge on any atom is 0.330 e. The lowest BCUT2D eigenvalue weighted by Gasteiger charge is -2.27. The van der Waals surface area contributed by atoms with Crippen LogP contribution in [0.15, 0.2) is 78.9 Å². The zero-order valence-corrected chi connectivity index (χ0v) is 23.2. The summed E-state index contributed by atoms with van der Waals surface area (Å²) in [5, 5.41) is 3.39. The molecule has 0 radical (unpaired) electrons. The minimum absolute atomic E-state index is 0.0344. The fourth-order valence-corrected chi connectivity index (χ4v) is 4.78.